The van der Waals surface area contributed by atoms with Gasteiger partial charge in [-0.1, -0.05) is 13.8 Å². The topological polar surface area (TPSA) is 27.7 Å². The van der Waals surface area contributed by atoms with E-state index >= 15 is 0 Å². The van der Waals surface area contributed by atoms with Gasteiger partial charge >= 0.3 is 8.80 Å². The van der Waals surface area contributed by atoms with Crippen molar-refractivity contribution < 1.29 is 13.3 Å². The third-order valence-corrected chi connectivity index (χ3v) is 8.36. The summed E-state index contributed by atoms with van der Waals surface area (Å²) in [5, 5.41) is 0. The van der Waals surface area contributed by atoms with E-state index in [1.54, 1.807) is 21.3 Å². The predicted octanol–water partition coefficient (Wildman–Crippen LogP) is 2.39. The van der Waals surface area contributed by atoms with Crippen molar-refractivity contribution in [1.29, 1.82) is 0 Å². The summed E-state index contributed by atoms with van der Waals surface area (Å²) in [5.41, 5.74) is 0. The minimum Gasteiger partial charge on any atom is -0.377 e. The summed E-state index contributed by atoms with van der Waals surface area (Å²) in [6.45, 7) is 4.51. The number of hydrogen-bond donors (Lipinski definition) is 0. The molecule has 0 amide bonds. The fourth-order valence-corrected chi connectivity index (χ4v) is 5.94. The third-order valence-electron chi connectivity index (χ3n) is 2.56. The highest BCUT2D eigenvalue weighted by molar-refractivity contribution is 7.57. The molecule has 0 aliphatic heterocycles. The maximum Gasteiger partial charge on any atom is 0.500 e. The molecule has 0 aliphatic rings. The van der Waals surface area contributed by atoms with Gasteiger partial charge in [-0.3, -0.25) is 0 Å². The molecule has 3 nitrogen and oxygen atoms in total. The normalized spacial score (nSPS) is 12.4. The first-order valence-electron chi connectivity index (χ1n) is 5.05. The zero-order chi connectivity index (χ0) is 11.0. The Morgan fingerprint density at radius 2 is 1.36 bits per heavy atom. The van der Waals surface area contributed by atoms with E-state index in [-0.39, 0.29) is 7.92 Å². The van der Waals surface area contributed by atoms with Gasteiger partial charge in [-0.15, -0.1) is 7.92 Å². The van der Waals surface area contributed by atoms with Gasteiger partial charge in [0.25, 0.3) is 0 Å². The monoisotopic (exact) mass is 238 g/mol. The fraction of sp³-hybridized carbons (Fsp3) is 1.00. The van der Waals surface area contributed by atoms with Crippen molar-refractivity contribution in [1.82, 2.24) is 0 Å². The van der Waals surface area contributed by atoms with Gasteiger partial charge in [0.2, 0.25) is 0 Å². The molecule has 0 aromatic rings. The highest BCUT2D eigenvalue weighted by Gasteiger charge is 2.37. The van der Waals surface area contributed by atoms with E-state index in [0.717, 1.165) is 6.04 Å². The fourth-order valence-electron chi connectivity index (χ4n) is 1.39. The third kappa shape index (κ3) is 4.37. The standard InChI is InChI=1S/C9H23O3PSi/c1-6-13(7-2)8-9-14(10-3,11-4)12-5/h6-9H2,1-5H3. The van der Waals surface area contributed by atoms with Gasteiger partial charge in [0.15, 0.2) is 0 Å². The summed E-state index contributed by atoms with van der Waals surface area (Å²) in [5.74, 6) is 0. The molecular formula is C9H23O3PSi. The highest BCUT2D eigenvalue weighted by Crippen LogP contribution is 2.36. The summed E-state index contributed by atoms with van der Waals surface area (Å²) in [6, 6.07) is 0.948. The predicted molar refractivity (Wildman–Crippen MR) is 64.5 cm³/mol. The highest BCUT2D eigenvalue weighted by atomic mass is 31.1. The van der Waals surface area contributed by atoms with Crippen LogP contribution in [-0.4, -0.2) is 48.6 Å². The quantitative estimate of drug-likeness (QED) is 0.480. The molecule has 0 saturated heterocycles. The lowest BCUT2D eigenvalue weighted by Crippen LogP contribution is -2.43. The summed E-state index contributed by atoms with van der Waals surface area (Å²) in [7, 11) is 2.90. The van der Waals surface area contributed by atoms with Crippen molar-refractivity contribution in [2.75, 3.05) is 39.8 Å². The molecule has 0 fully saturated rings. The lowest BCUT2D eigenvalue weighted by molar-refractivity contribution is 0.125. The van der Waals surface area contributed by atoms with Crippen molar-refractivity contribution in [3.63, 3.8) is 0 Å². The summed E-state index contributed by atoms with van der Waals surface area (Å²) in [4.78, 5) is 0. The second-order valence-corrected chi connectivity index (χ2v) is 9.22. The van der Waals surface area contributed by atoms with E-state index in [9.17, 15) is 0 Å². The molecule has 0 heterocycles. The van der Waals surface area contributed by atoms with Crippen LogP contribution >= 0.6 is 7.92 Å². The van der Waals surface area contributed by atoms with Crippen LogP contribution in [0, 0.1) is 0 Å². The first kappa shape index (κ1) is 14.5. The molecule has 0 rings (SSSR count). The van der Waals surface area contributed by atoms with Crippen LogP contribution in [0.5, 0.6) is 0 Å². The van der Waals surface area contributed by atoms with Gasteiger partial charge in [-0.05, 0) is 18.5 Å². The second-order valence-electron chi connectivity index (χ2n) is 3.07. The van der Waals surface area contributed by atoms with E-state index in [0.29, 0.717) is 0 Å². The molecule has 0 saturated carbocycles. The molecule has 0 N–H and O–H groups in total. The Hall–Kier alpha value is 0.527. The molecular weight excluding hydrogens is 215 g/mol. The SMILES string of the molecule is CCP(CC)CC[Si](OC)(OC)OC. The van der Waals surface area contributed by atoms with Gasteiger partial charge in [0.05, 0.1) is 0 Å². The van der Waals surface area contributed by atoms with Gasteiger partial charge in [0, 0.05) is 27.4 Å². The molecule has 14 heavy (non-hydrogen) atoms. The van der Waals surface area contributed by atoms with E-state index in [2.05, 4.69) is 13.8 Å². The van der Waals surface area contributed by atoms with Crippen molar-refractivity contribution in [2.24, 2.45) is 0 Å². The van der Waals surface area contributed by atoms with Crippen molar-refractivity contribution in [2.45, 2.75) is 19.9 Å². The van der Waals surface area contributed by atoms with Gasteiger partial charge in [-0.25, -0.2) is 0 Å². The Labute approximate surface area is 90.3 Å². The second kappa shape index (κ2) is 7.77. The van der Waals surface area contributed by atoms with Crippen molar-refractivity contribution in [3.8, 4) is 0 Å². The zero-order valence-electron chi connectivity index (χ0n) is 10.0. The van der Waals surface area contributed by atoms with Crippen LogP contribution in [-0.2, 0) is 13.3 Å². The largest absolute Gasteiger partial charge is 0.500 e. The average molecular weight is 238 g/mol. The molecule has 0 aromatic heterocycles. The van der Waals surface area contributed by atoms with Crippen LogP contribution in [0.3, 0.4) is 0 Å². The Bertz CT molecular complexity index is 130. The average Bonchev–Trinajstić information content (AvgIpc) is 2.26. The molecule has 0 bridgehead atoms. The maximum absolute atomic E-state index is 5.38. The van der Waals surface area contributed by atoms with E-state index in [1.807, 2.05) is 0 Å². The number of hydrogen-bond acceptors (Lipinski definition) is 3. The molecule has 0 unspecified atom stereocenters. The first-order valence-corrected chi connectivity index (χ1v) is 8.88. The van der Waals surface area contributed by atoms with Gasteiger partial charge in [0.1, 0.15) is 0 Å². The first-order chi connectivity index (χ1) is 6.67. The molecule has 0 aliphatic carbocycles. The Morgan fingerprint density at radius 1 is 0.929 bits per heavy atom. The van der Waals surface area contributed by atoms with Crippen LogP contribution in [0.25, 0.3) is 0 Å². The Kier molecular flexibility index (Phi) is 8.06. The van der Waals surface area contributed by atoms with Crippen LogP contribution in [0.15, 0.2) is 0 Å². The lowest BCUT2D eigenvalue weighted by atomic mass is 10.9. The molecule has 5 heteroatoms. The lowest BCUT2D eigenvalue weighted by Gasteiger charge is -2.26. The smallest absolute Gasteiger partial charge is 0.377 e. The summed E-state index contributed by atoms with van der Waals surface area (Å²) in [6.07, 6.45) is 3.77. The molecule has 0 aromatic carbocycles. The van der Waals surface area contributed by atoms with Crippen molar-refractivity contribution >= 4 is 16.7 Å². The van der Waals surface area contributed by atoms with Gasteiger partial charge < -0.3 is 13.3 Å². The minimum absolute atomic E-state index is 0.157. The van der Waals surface area contributed by atoms with Crippen LogP contribution in [0.4, 0.5) is 0 Å². The van der Waals surface area contributed by atoms with E-state index < -0.39 is 8.80 Å². The summed E-state index contributed by atoms with van der Waals surface area (Å²) >= 11 is 0. The van der Waals surface area contributed by atoms with Crippen LogP contribution < -0.4 is 0 Å². The molecule has 0 atom stereocenters. The van der Waals surface area contributed by atoms with Crippen molar-refractivity contribution in [3.05, 3.63) is 0 Å². The van der Waals surface area contributed by atoms with Crippen LogP contribution in [0.2, 0.25) is 6.04 Å². The Morgan fingerprint density at radius 3 is 1.64 bits per heavy atom. The number of rotatable bonds is 8. The molecule has 86 valence electrons. The zero-order valence-corrected chi connectivity index (χ0v) is 11.9. The van der Waals surface area contributed by atoms with Gasteiger partial charge in [-0.2, -0.15) is 0 Å². The maximum atomic E-state index is 5.38. The minimum atomic E-state index is -2.30. The van der Waals surface area contributed by atoms with E-state index in [1.165, 1.54) is 18.5 Å². The Balaban J connectivity index is 4.04. The molecule has 0 radical (unpaired) electrons. The van der Waals surface area contributed by atoms with Crippen LogP contribution in [0.1, 0.15) is 13.8 Å². The molecule has 0 spiro atoms. The van der Waals surface area contributed by atoms with E-state index in [4.69, 9.17) is 13.3 Å². The summed E-state index contributed by atoms with van der Waals surface area (Å²) < 4.78 is 16.1.